The highest BCUT2D eigenvalue weighted by molar-refractivity contribution is 6.07. The second-order valence-corrected chi connectivity index (χ2v) is 6.44. The van der Waals surface area contributed by atoms with Crippen molar-refractivity contribution in [3.05, 3.63) is 77.7 Å². The lowest BCUT2D eigenvalue weighted by molar-refractivity contribution is 0.0956. The molecule has 0 aliphatic rings. The quantitative estimate of drug-likeness (QED) is 0.515. The third-order valence-corrected chi connectivity index (χ3v) is 4.54. The van der Waals surface area contributed by atoms with Crippen molar-refractivity contribution in [3.8, 4) is 11.1 Å². The van der Waals surface area contributed by atoms with E-state index in [0.29, 0.717) is 12.1 Å². The number of aryl methyl sites for hydroxylation is 1. The first-order chi connectivity index (χ1) is 12.7. The van der Waals surface area contributed by atoms with Gasteiger partial charge in [-0.1, -0.05) is 42.0 Å². The van der Waals surface area contributed by atoms with Gasteiger partial charge in [-0.3, -0.25) is 9.89 Å². The van der Waals surface area contributed by atoms with Crippen molar-refractivity contribution < 1.29 is 4.79 Å². The Hall–Kier alpha value is -3.34. The zero-order valence-electron chi connectivity index (χ0n) is 14.5. The summed E-state index contributed by atoms with van der Waals surface area (Å²) < 4.78 is 0. The monoisotopic (exact) mass is 344 g/mol. The molecular weight excluding hydrogens is 324 g/mol. The van der Waals surface area contributed by atoms with Crippen molar-refractivity contribution in [1.82, 2.24) is 20.5 Å². The van der Waals surface area contributed by atoms with Crippen molar-refractivity contribution in [3.63, 3.8) is 0 Å². The van der Waals surface area contributed by atoms with Crippen molar-refractivity contribution in [2.75, 3.05) is 6.54 Å². The van der Waals surface area contributed by atoms with Gasteiger partial charge in [0.1, 0.15) is 0 Å². The molecule has 130 valence electrons. The molecule has 1 amide bonds. The van der Waals surface area contributed by atoms with Crippen LogP contribution in [0.5, 0.6) is 0 Å². The van der Waals surface area contributed by atoms with Crippen molar-refractivity contribution in [2.24, 2.45) is 0 Å². The number of nitrogens with zero attached hydrogens (tertiary/aromatic N) is 1. The molecule has 3 N–H and O–H groups in total. The van der Waals surface area contributed by atoms with Gasteiger partial charge in [-0.25, -0.2) is 0 Å². The molecule has 4 rings (SSSR count). The van der Waals surface area contributed by atoms with E-state index in [1.54, 1.807) is 12.4 Å². The molecule has 0 unspecified atom stereocenters. The molecule has 0 spiro atoms. The molecule has 0 aliphatic carbocycles. The summed E-state index contributed by atoms with van der Waals surface area (Å²) in [6.45, 7) is 2.69. The highest BCUT2D eigenvalue weighted by atomic mass is 16.1. The molecule has 2 heterocycles. The Morgan fingerprint density at radius 1 is 1.12 bits per heavy atom. The average Bonchev–Trinajstić information content (AvgIpc) is 3.31. The fourth-order valence-electron chi connectivity index (χ4n) is 3.19. The number of nitrogens with one attached hydrogen (secondary N) is 3. The highest BCUT2D eigenvalue weighted by Crippen LogP contribution is 2.25. The number of amides is 1. The summed E-state index contributed by atoms with van der Waals surface area (Å²) in [5.74, 6) is -0.0556. The molecule has 0 saturated heterocycles. The van der Waals surface area contributed by atoms with Crippen LogP contribution in [0.15, 0.2) is 61.1 Å². The molecule has 2 aromatic heterocycles. The van der Waals surface area contributed by atoms with Crippen LogP contribution in [0.25, 0.3) is 22.0 Å². The molecule has 0 bridgehead atoms. The Morgan fingerprint density at radius 2 is 2.04 bits per heavy atom. The second kappa shape index (κ2) is 6.88. The lowest BCUT2D eigenvalue weighted by atomic mass is 10.1. The van der Waals surface area contributed by atoms with E-state index in [-0.39, 0.29) is 5.91 Å². The number of benzene rings is 2. The number of aromatic amines is 2. The van der Waals surface area contributed by atoms with Crippen LogP contribution in [0.4, 0.5) is 0 Å². The SMILES string of the molecule is Cc1cccc(CCNC(=O)c2c[nH]c3cc(-c4cn[nH]c4)ccc23)c1. The standard InChI is InChI=1S/C21H20N4O/c1-14-3-2-4-15(9-14)7-8-22-21(26)19-13-23-20-10-16(5-6-18(19)20)17-11-24-25-12-17/h2-6,9-13,23H,7-8H2,1H3,(H,22,26)(H,24,25). The van der Waals surface area contributed by atoms with Crippen LogP contribution in [-0.4, -0.2) is 27.6 Å². The number of carbonyl (C=O) groups is 1. The minimum absolute atomic E-state index is 0.0556. The van der Waals surface area contributed by atoms with Crippen LogP contribution in [0.3, 0.4) is 0 Å². The van der Waals surface area contributed by atoms with Gasteiger partial charge >= 0.3 is 0 Å². The summed E-state index contributed by atoms with van der Waals surface area (Å²) in [5, 5.41) is 10.7. The van der Waals surface area contributed by atoms with Gasteiger partial charge in [-0.2, -0.15) is 5.10 Å². The molecule has 4 aromatic rings. The maximum atomic E-state index is 12.5. The molecule has 5 nitrogen and oxygen atoms in total. The lowest BCUT2D eigenvalue weighted by Gasteiger charge is -2.06. The summed E-state index contributed by atoms with van der Waals surface area (Å²) >= 11 is 0. The molecular formula is C21H20N4O. The van der Waals surface area contributed by atoms with Gasteiger partial charge in [-0.15, -0.1) is 0 Å². The first kappa shape index (κ1) is 16.1. The van der Waals surface area contributed by atoms with E-state index < -0.39 is 0 Å². The Labute approximate surface area is 151 Å². The maximum absolute atomic E-state index is 12.5. The molecule has 0 atom stereocenters. The minimum Gasteiger partial charge on any atom is -0.360 e. The topological polar surface area (TPSA) is 73.6 Å². The number of hydrogen-bond donors (Lipinski definition) is 3. The summed E-state index contributed by atoms with van der Waals surface area (Å²) in [5.41, 5.74) is 6.15. The predicted octanol–water partition coefficient (Wildman–Crippen LogP) is 3.84. The van der Waals surface area contributed by atoms with Crippen molar-refractivity contribution >= 4 is 16.8 Å². The van der Waals surface area contributed by atoms with Crippen molar-refractivity contribution in [1.29, 1.82) is 0 Å². The largest absolute Gasteiger partial charge is 0.360 e. The van der Waals surface area contributed by atoms with E-state index in [0.717, 1.165) is 28.5 Å². The molecule has 5 heteroatoms. The zero-order valence-corrected chi connectivity index (χ0v) is 14.5. The summed E-state index contributed by atoms with van der Waals surface area (Å²) in [7, 11) is 0. The van der Waals surface area contributed by atoms with Crippen LogP contribution >= 0.6 is 0 Å². The Balaban J connectivity index is 1.47. The molecule has 0 aliphatic heterocycles. The molecule has 0 fully saturated rings. The summed E-state index contributed by atoms with van der Waals surface area (Å²) in [6, 6.07) is 14.4. The van der Waals surface area contributed by atoms with Crippen LogP contribution in [0.2, 0.25) is 0 Å². The van der Waals surface area contributed by atoms with Gasteiger partial charge in [-0.05, 0) is 30.5 Å². The first-order valence-corrected chi connectivity index (χ1v) is 8.65. The third-order valence-electron chi connectivity index (χ3n) is 4.54. The Kier molecular flexibility index (Phi) is 4.27. The van der Waals surface area contributed by atoms with Gasteiger partial charge in [0, 0.05) is 35.4 Å². The van der Waals surface area contributed by atoms with Gasteiger partial charge in [0.25, 0.3) is 5.91 Å². The van der Waals surface area contributed by atoms with Crippen LogP contribution in [0.1, 0.15) is 21.5 Å². The minimum atomic E-state index is -0.0556. The number of carbonyl (C=O) groups excluding carboxylic acids is 1. The predicted molar refractivity (Wildman–Crippen MR) is 103 cm³/mol. The lowest BCUT2D eigenvalue weighted by Crippen LogP contribution is -2.25. The molecule has 26 heavy (non-hydrogen) atoms. The van der Waals surface area contributed by atoms with Crippen LogP contribution in [-0.2, 0) is 6.42 Å². The molecule has 0 saturated carbocycles. The van der Waals surface area contributed by atoms with Crippen LogP contribution < -0.4 is 5.32 Å². The van der Waals surface area contributed by atoms with E-state index >= 15 is 0 Å². The van der Waals surface area contributed by atoms with Gasteiger partial charge < -0.3 is 10.3 Å². The van der Waals surface area contributed by atoms with E-state index in [9.17, 15) is 4.79 Å². The number of fused-ring (bicyclic) bond motifs is 1. The van der Waals surface area contributed by atoms with E-state index in [4.69, 9.17) is 0 Å². The van der Waals surface area contributed by atoms with E-state index in [1.165, 1.54) is 11.1 Å². The average molecular weight is 344 g/mol. The highest BCUT2D eigenvalue weighted by Gasteiger charge is 2.12. The molecule has 2 aromatic carbocycles. The Bertz CT molecular complexity index is 1050. The number of H-pyrrole nitrogens is 2. The number of aromatic nitrogens is 3. The Morgan fingerprint density at radius 3 is 2.85 bits per heavy atom. The number of rotatable bonds is 5. The fourth-order valence-corrected chi connectivity index (χ4v) is 3.19. The molecule has 0 radical (unpaired) electrons. The normalized spacial score (nSPS) is 11.0. The van der Waals surface area contributed by atoms with Gasteiger partial charge in [0.15, 0.2) is 0 Å². The zero-order chi connectivity index (χ0) is 17.9. The maximum Gasteiger partial charge on any atom is 0.253 e. The van der Waals surface area contributed by atoms with Crippen molar-refractivity contribution in [2.45, 2.75) is 13.3 Å². The first-order valence-electron chi connectivity index (χ1n) is 8.65. The second-order valence-electron chi connectivity index (χ2n) is 6.44. The number of hydrogen-bond acceptors (Lipinski definition) is 2. The summed E-state index contributed by atoms with van der Waals surface area (Å²) in [4.78, 5) is 15.7. The van der Waals surface area contributed by atoms with E-state index in [2.05, 4.69) is 45.6 Å². The third kappa shape index (κ3) is 3.24. The smallest absolute Gasteiger partial charge is 0.253 e. The fraction of sp³-hybridized carbons (Fsp3) is 0.143. The van der Waals surface area contributed by atoms with Gasteiger partial charge in [0.05, 0.1) is 11.8 Å². The van der Waals surface area contributed by atoms with Gasteiger partial charge in [0.2, 0.25) is 0 Å². The van der Waals surface area contributed by atoms with Crippen LogP contribution in [0, 0.1) is 6.92 Å². The van der Waals surface area contributed by atoms with E-state index in [1.807, 2.05) is 30.5 Å². The summed E-state index contributed by atoms with van der Waals surface area (Å²) in [6.07, 6.45) is 6.22.